The van der Waals surface area contributed by atoms with Crippen molar-refractivity contribution in [3.8, 4) is 10.4 Å². The molecule has 0 spiro atoms. The number of hydrogen-bond acceptors (Lipinski definition) is 5. The number of benzene rings is 3. The number of carboxylic acid groups (broad SMARTS) is 1. The monoisotopic (exact) mass is 1040 g/mol. The first kappa shape index (κ1) is 58.0. The van der Waals surface area contributed by atoms with Gasteiger partial charge in [-0.05, 0) is 97.0 Å². The molecule has 0 aliphatic heterocycles. The second kappa shape index (κ2) is 34.4. The summed E-state index contributed by atoms with van der Waals surface area (Å²) >= 11 is 5.08. The van der Waals surface area contributed by atoms with Gasteiger partial charge in [0.2, 0.25) is 0 Å². The summed E-state index contributed by atoms with van der Waals surface area (Å²) in [5.74, 6) is -1.19. The van der Waals surface area contributed by atoms with Gasteiger partial charge in [0.1, 0.15) is 0 Å². The third kappa shape index (κ3) is 20.4. The smallest absolute Gasteiger partial charge is 0.333 e. The molecule has 1 N–H and O–H groups in total. The predicted octanol–water partition coefficient (Wildman–Crippen LogP) is 23.3. The molecule has 0 amide bonds. The standard InChI is InChI=1S/C66H90N2O2S3/c1-4-6-8-10-12-14-16-18-20-22-24-26-28-30-32-34-36-53-38-44-56(45-39-53)68(57-46-40-54(41-47-57)37-35-33-31-29-27-25-23-21-19-17-15-13-11-9-7-5-2)58-48-42-55(43-49-58)61-52-63-65(73-61)64-62(72-63)51-59(71-64)50-60(67-3)66(69)70/h38-52H,4-37H2,1-2H3,(H,69,70)/b60-50-. The molecule has 0 aliphatic carbocycles. The average Bonchev–Trinajstić information content (AvgIpc) is 4.10. The van der Waals surface area contributed by atoms with E-state index in [9.17, 15) is 9.90 Å². The van der Waals surface area contributed by atoms with Gasteiger partial charge in [-0.1, -0.05) is 243 Å². The summed E-state index contributed by atoms with van der Waals surface area (Å²) in [6, 6.07) is 32.0. The Kier molecular flexibility index (Phi) is 27.3. The molecular formula is C66H90N2O2S3. The highest BCUT2D eigenvalue weighted by Crippen LogP contribution is 2.47. The lowest BCUT2D eigenvalue weighted by Crippen LogP contribution is -2.10. The fraction of sp³-hybridized carbons (Fsp3) is 0.545. The number of carboxylic acids is 1. The Hall–Kier alpha value is -4.22. The zero-order valence-corrected chi connectivity index (χ0v) is 47.6. The number of anilines is 3. The zero-order valence-electron chi connectivity index (χ0n) is 45.2. The summed E-state index contributed by atoms with van der Waals surface area (Å²) in [6.45, 7) is 11.9. The summed E-state index contributed by atoms with van der Waals surface area (Å²) in [5, 5.41) is 9.39. The van der Waals surface area contributed by atoms with E-state index in [1.807, 2.05) is 6.07 Å². The first-order valence-electron chi connectivity index (χ1n) is 29.3. The van der Waals surface area contributed by atoms with E-state index in [-0.39, 0.29) is 5.70 Å². The van der Waals surface area contributed by atoms with Crippen LogP contribution in [0.15, 0.2) is 90.6 Å². The quantitative estimate of drug-likeness (QED) is 0.0237. The Balaban J connectivity index is 0.993. The second-order valence-electron chi connectivity index (χ2n) is 21.0. The van der Waals surface area contributed by atoms with Gasteiger partial charge in [-0.2, -0.15) is 0 Å². The van der Waals surface area contributed by atoms with Crippen molar-refractivity contribution in [3.63, 3.8) is 0 Å². The Labute approximate surface area is 454 Å². The van der Waals surface area contributed by atoms with Crippen LogP contribution in [0.25, 0.3) is 40.2 Å². The van der Waals surface area contributed by atoms with Crippen LogP contribution < -0.4 is 4.90 Å². The lowest BCUT2D eigenvalue weighted by Gasteiger charge is -2.26. The van der Waals surface area contributed by atoms with E-state index in [2.05, 4.69) is 102 Å². The molecule has 0 saturated heterocycles. The molecule has 6 rings (SSSR count). The maximum Gasteiger partial charge on any atom is 0.333 e. The van der Waals surface area contributed by atoms with Crippen molar-refractivity contribution in [3.05, 3.63) is 118 Å². The lowest BCUT2D eigenvalue weighted by molar-refractivity contribution is -0.132. The van der Waals surface area contributed by atoms with Crippen molar-refractivity contribution in [1.82, 2.24) is 0 Å². The average molecular weight is 1040 g/mol. The molecule has 0 saturated carbocycles. The maximum absolute atomic E-state index is 11.5. The van der Waals surface area contributed by atoms with Gasteiger partial charge in [0.05, 0.1) is 16.0 Å². The molecule has 0 bridgehead atoms. The number of unbranched alkanes of at least 4 members (excludes halogenated alkanes) is 30. The molecule has 394 valence electrons. The van der Waals surface area contributed by atoms with Crippen LogP contribution in [-0.4, -0.2) is 11.1 Å². The van der Waals surface area contributed by atoms with Crippen molar-refractivity contribution in [2.45, 2.75) is 232 Å². The first-order valence-corrected chi connectivity index (χ1v) is 31.8. The number of nitrogens with zero attached hydrogens (tertiary/aromatic N) is 2. The van der Waals surface area contributed by atoms with Gasteiger partial charge in [0.25, 0.3) is 5.70 Å². The van der Waals surface area contributed by atoms with E-state index in [1.165, 1.54) is 254 Å². The number of hydrogen-bond donors (Lipinski definition) is 1. The predicted molar refractivity (Wildman–Crippen MR) is 324 cm³/mol. The lowest BCUT2D eigenvalue weighted by atomic mass is 10.0. The molecule has 73 heavy (non-hydrogen) atoms. The van der Waals surface area contributed by atoms with Gasteiger partial charge in [0, 0.05) is 36.2 Å². The molecular weight excluding hydrogens is 949 g/mol. The van der Waals surface area contributed by atoms with Gasteiger partial charge in [-0.15, -0.1) is 34.0 Å². The molecule has 6 aromatic rings. The van der Waals surface area contributed by atoms with E-state index in [0.29, 0.717) is 0 Å². The first-order chi connectivity index (χ1) is 36.0. The highest BCUT2D eigenvalue weighted by molar-refractivity contribution is 7.39. The number of aliphatic carboxylic acids is 1. The molecule has 7 heteroatoms. The SMILES string of the molecule is [C-]#[N+]/C(=C\c1cc2sc3cc(-c4ccc(N(c5ccc(CCCCCCCCCCCCCCCCCC)cc5)c5ccc(CCCCCCCCCCCCCCCCCC)cc5)cc4)sc3c2s1)C(=O)O. The van der Waals surface area contributed by atoms with Gasteiger partial charge in [0.15, 0.2) is 0 Å². The van der Waals surface area contributed by atoms with Crippen LogP contribution in [0.2, 0.25) is 0 Å². The molecule has 0 aliphatic rings. The topological polar surface area (TPSA) is 44.9 Å². The minimum Gasteiger partial charge on any atom is -0.486 e. The molecule has 0 fully saturated rings. The molecule has 0 atom stereocenters. The van der Waals surface area contributed by atoms with Crippen LogP contribution in [0.1, 0.15) is 235 Å². The van der Waals surface area contributed by atoms with Crippen molar-refractivity contribution < 1.29 is 9.90 Å². The highest BCUT2D eigenvalue weighted by atomic mass is 32.1. The summed E-state index contributed by atoms with van der Waals surface area (Å²) < 4.78 is 4.77. The zero-order chi connectivity index (χ0) is 51.1. The van der Waals surface area contributed by atoms with Crippen molar-refractivity contribution in [2.75, 3.05) is 4.90 Å². The molecule has 0 radical (unpaired) electrons. The van der Waals surface area contributed by atoms with Crippen LogP contribution in [0, 0.1) is 6.57 Å². The van der Waals surface area contributed by atoms with E-state index < -0.39 is 5.97 Å². The highest BCUT2D eigenvalue weighted by Gasteiger charge is 2.17. The van der Waals surface area contributed by atoms with Gasteiger partial charge in [-0.3, -0.25) is 4.79 Å². The van der Waals surface area contributed by atoms with Gasteiger partial charge in [-0.25, -0.2) is 4.85 Å². The molecule has 0 unspecified atom stereocenters. The van der Waals surface area contributed by atoms with Crippen LogP contribution in [-0.2, 0) is 17.6 Å². The Morgan fingerprint density at radius 2 is 0.808 bits per heavy atom. The Morgan fingerprint density at radius 3 is 1.18 bits per heavy atom. The number of rotatable bonds is 40. The van der Waals surface area contributed by atoms with E-state index >= 15 is 0 Å². The summed E-state index contributed by atoms with van der Waals surface area (Å²) in [6.07, 6.45) is 48.5. The summed E-state index contributed by atoms with van der Waals surface area (Å²) in [4.78, 5) is 19.1. The Morgan fingerprint density at radius 1 is 0.466 bits per heavy atom. The van der Waals surface area contributed by atoms with Crippen LogP contribution in [0.3, 0.4) is 0 Å². The number of aryl methyl sites for hydroxylation is 2. The third-order valence-electron chi connectivity index (χ3n) is 14.9. The number of fused-ring (bicyclic) bond motifs is 3. The van der Waals surface area contributed by atoms with Crippen LogP contribution in [0.4, 0.5) is 17.1 Å². The van der Waals surface area contributed by atoms with Crippen molar-refractivity contribution in [2.24, 2.45) is 0 Å². The van der Waals surface area contributed by atoms with E-state index in [4.69, 9.17) is 6.57 Å². The fourth-order valence-corrected chi connectivity index (χ4v) is 14.4. The second-order valence-corrected chi connectivity index (χ2v) is 24.2. The number of thiophene rings is 3. The van der Waals surface area contributed by atoms with Crippen LogP contribution >= 0.6 is 34.0 Å². The molecule has 3 aromatic heterocycles. The minimum absolute atomic E-state index is 0.255. The maximum atomic E-state index is 11.5. The van der Waals surface area contributed by atoms with E-state index in [1.54, 1.807) is 34.0 Å². The molecule has 4 nitrogen and oxygen atoms in total. The third-order valence-corrected chi connectivity index (χ3v) is 18.7. The minimum atomic E-state index is -1.19. The number of carbonyl (C=O) groups is 1. The summed E-state index contributed by atoms with van der Waals surface area (Å²) in [5.41, 5.74) is 7.28. The molecule has 3 heterocycles. The molecule has 3 aromatic carbocycles. The van der Waals surface area contributed by atoms with Gasteiger partial charge < -0.3 is 10.0 Å². The summed E-state index contributed by atoms with van der Waals surface area (Å²) in [7, 11) is 0. The van der Waals surface area contributed by atoms with E-state index in [0.717, 1.165) is 32.8 Å². The van der Waals surface area contributed by atoms with Crippen molar-refractivity contribution >= 4 is 81.9 Å². The van der Waals surface area contributed by atoms with Crippen molar-refractivity contribution in [1.29, 1.82) is 0 Å². The Bertz CT molecular complexity index is 2420. The van der Waals surface area contributed by atoms with Crippen LogP contribution in [0.5, 0.6) is 0 Å². The van der Waals surface area contributed by atoms with Gasteiger partial charge >= 0.3 is 5.97 Å². The largest absolute Gasteiger partial charge is 0.486 e. The normalized spacial score (nSPS) is 11.8. The fourth-order valence-electron chi connectivity index (χ4n) is 10.4.